The number of ether oxygens (including phenoxy) is 1. The Labute approximate surface area is 186 Å². The molecule has 1 saturated heterocycles. The fraction of sp³-hybridized carbons (Fsp3) is 0.444. The topological polar surface area (TPSA) is 72.5 Å². The molecule has 1 heterocycles. The van der Waals surface area contributed by atoms with E-state index in [9.17, 15) is 9.90 Å². The van der Waals surface area contributed by atoms with Crippen LogP contribution < -0.4 is 5.73 Å². The minimum absolute atomic E-state index is 0.0154. The molecule has 0 aromatic carbocycles. The van der Waals surface area contributed by atoms with Crippen LogP contribution in [0.1, 0.15) is 40.5 Å². The van der Waals surface area contributed by atoms with Gasteiger partial charge in [0.2, 0.25) is 0 Å². The molecule has 4 nitrogen and oxygen atoms in total. The summed E-state index contributed by atoms with van der Waals surface area (Å²) in [5.41, 5.74) is 6.89. The van der Waals surface area contributed by atoms with E-state index in [1.807, 2.05) is 50.3 Å². The van der Waals surface area contributed by atoms with E-state index in [1.54, 1.807) is 6.20 Å². The Balaban J connectivity index is 2.14. The van der Waals surface area contributed by atoms with Crippen LogP contribution in [-0.4, -0.2) is 22.8 Å². The number of cyclic esters (lactones) is 1. The number of carbonyl (C=O) groups excluding carboxylic acids is 1. The third kappa shape index (κ3) is 5.48. The lowest BCUT2D eigenvalue weighted by Crippen LogP contribution is -2.52. The number of hydrogen-bond acceptors (Lipinski definition) is 4. The maximum Gasteiger partial charge on any atom is 0.338 e. The number of rotatable bonds is 7. The summed E-state index contributed by atoms with van der Waals surface area (Å²) in [4.78, 5) is 12.3. The van der Waals surface area contributed by atoms with Gasteiger partial charge in [0.1, 0.15) is 6.10 Å². The van der Waals surface area contributed by atoms with Gasteiger partial charge in [-0.2, -0.15) is 0 Å². The maximum atomic E-state index is 12.3. The number of aliphatic hydroxyl groups is 1. The molecule has 0 amide bonds. The third-order valence-electron chi connectivity index (χ3n) is 6.58. The molecule has 6 atom stereocenters. The Morgan fingerprint density at radius 1 is 1.35 bits per heavy atom. The first-order chi connectivity index (χ1) is 14.7. The Kier molecular flexibility index (Phi) is 8.30. The first-order valence-corrected chi connectivity index (χ1v) is 10.9. The van der Waals surface area contributed by atoms with E-state index in [0.29, 0.717) is 18.8 Å². The fourth-order valence-electron chi connectivity index (χ4n) is 4.67. The van der Waals surface area contributed by atoms with E-state index < -0.39 is 11.6 Å². The van der Waals surface area contributed by atoms with Gasteiger partial charge in [0.25, 0.3) is 0 Å². The Hall–Kier alpha value is -2.77. The molecule has 0 spiro atoms. The van der Waals surface area contributed by atoms with E-state index in [2.05, 4.69) is 32.4 Å². The minimum Gasteiger partial charge on any atom is -0.460 e. The summed E-state index contributed by atoms with van der Waals surface area (Å²) in [6, 6.07) is 0. The second-order valence-electron chi connectivity index (χ2n) is 8.73. The average Bonchev–Trinajstić information content (AvgIpc) is 2.96. The van der Waals surface area contributed by atoms with Crippen molar-refractivity contribution in [2.24, 2.45) is 29.4 Å². The number of fused-ring (bicyclic) bond motifs is 1. The lowest BCUT2D eigenvalue weighted by molar-refractivity contribution is -0.160. The van der Waals surface area contributed by atoms with Gasteiger partial charge >= 0.3 is 5.97 Å². The molecule has 166 valence electrons. The highest BCUT2D eigenvalue weighted by Crippen LogP contribution is 2.51. The smallest absolute Gasteiger partial charge is 0.338 e. The van der Waals surface area contributed by atoms with E-state index in [4.69, 9.17) is 16.9 Å². The van der Waals surface area contributed by atoms with Gasteiger partial charge in [-0.05, 0) is 55.4 Å². The SMILES string of the molecule is C#C/C(=C/C=C\C)CC(/C=C\C(=C)/C=C/[C@H]1C(C)[C@@H](C)C[C@@]2(O)C(=O)O[C@H](C)[C@@H]12)=C/N. The predicted octanol–water partition coefficient (Wildman–Crippen LogP) is 4.61. The first kappa shape index (κ1) is 24.5. The van der Waals surface area contributed by atoms with Gasteiger partial charge in [-0.1, -0.05) is 68.9 Å². The summed E-state index contributed by atoms with van der Waals surface area (Å²) in [6.45, 7) is 12.1. The van der Waals surface area contributed by atoms with Gasteiger partial charge in [-0.15, -0.1) is 6.42 Å². The number of hydrogen-bond donors (Lipinski definition) is 2. The zero-order chi connectivity index (χ0) is 23.2. The van der Waals surface area contributed by atoms with Gasteiger partial charge in [0, 0.05) is 17.9 Å². The summed E-state index contributed by atoms with van der Waals surface area (Å²) in [5, 5.41) is 11.1. The Morgan fingerprint density at radius 3 is 2.68 bits per heavy atom. The molecule has 0 aromatic heterocycles. The van der Waals surface area contributed by atoms with E-state index >= 15 is 0 Å². The van der Waals surface area contributed by atoms with Crippen LogP contribution in [0.3, 0.4) is 0 Å². The van der Waals surface area contributed by atoms with E-state index in [0.717, 1.165) is 16.7 Å². The third-order valence-corrected chi connectivity index (χ3v) is 6.58. The monoisotopic (exact) mass is 421 g/mol. The van der Waals surface area contributed by atoms with Gasteiger partial charge in [-0.3, -0.25) is 0 Å². The van der Waals surface area contributed by atoms with Gasteiger partial charge in [-0.25, -0.2) is 4.79 Å². The first-order valence-electron chi connectivity index (χ1n) is 10.9. The van der Waals surface area contributed by atoms with Crippen LogP contribution in [0.15, 0.2) is 72.0 Å². The second-order valence-corrected chi connectivity index (χ2v) is 8.73. The van der Waals surface area contributed by atoms with Crippen LogP contribution in [0.2, 0.25) is 0 Å². The molecule has 1 saturated carbocycles. The van der Waals surface area contributed by atoms with Gasteiger partial charge < -0.3 is 15.6 Å². The summed E-state index contributed by atoms with van der Waals surface area (Å²) in [7, 11) is 0. The highest BCUT2D eigenvalue weighted by molar-refractivity contribution is 5.82. The molecular weight excluding hydrogens is 386 g/mol. The summed E-state index contributed by atoms with van der Waals surface area (Å²) >= 11 is 0. The van der Waals surface area contributed by atoms with Crippen LogP contribution in [0.5, 0.6) is 0 Å². The zero-order valence-electron chi connectivity index (χ0n) is 19.0. The summed E-state index contributed by atoms with van der Waals surface area (Å²) in [5.74, 6) is 2.46. The second kappa shape index (κ2) is 10.5. The molecule has 2 fully saturated rings. The highest BCUT2D eigenvalue weighted by atomic mass is 16.6. The summed E-state index contributed by atoms with van der Waals surface area (Å²) in [6.07, 6.45) is 21.3. The van der Waals surface area contributed by atoms with Crippen molar-refractivity contribution in [1.29, 1.82) is 0 Å². The molecule has 2 rings (SSSR count). The molecule has 0 bridgehead atoms. The fourth-order valence-corrected chi connectivity index (χ4v) is 4.67. The molecule has 3 N–H and O–H groups in total. The van der Waals surface area contributed by atoms with Crippen molar-refractivity contribution in [2.45, 2.75) is 52.2 Å². The van der Waals surface area contributed by atoms with E-state index in [1.165, 1.54) is 0 Å². The molecule has 2 aliphatic rings. The Bertz CT molecular complexity index is 883. The zero-order valence-corrected chi connectivity index (χ0v) is 19.0. The van der Waals surface area contributed by atoms with Gasteiger partial charge in [0.15, 0.2) is 5.60 Å². The highest BCUT2D eigenvalue weighted by Gasteiger charge is 2.61. The quantitative estimate of drug-likeness (QED) is 0.358. The van der Waals surface area contributed by atoms with Crippen LogP contribution >= 0.6 is 0 Å². The average molecular weight is 422 g/mol. The van der Waals surface area contributed by atoms with E-state index in [-0.39, 0.29) is 23.9 Å². The van der Waals surface area contributed by atoms with Crippen LogP contribution in [0.4, 0.5) is 0 Å². The number of terminal acetylenes is 1. The molecule has 1 unspecified atom stereocenters. The lowest BCUT2D eigenvalue weighted by Gasteiger charge is -2.44. The molecule has 1 aliphatic carbocycles. The molecule has 1 aliphatic heterocycles. The number of allylic oxidation sites excluding steroid dienone is 10. The van der Waals surface area contributed by atoms with Crippen molar-refractivity contribution in [3.05, 3.63) is 72.0 Å². The van der Waals surface area contributed by atoms with Crippen LogP contribution in [-0.2, 0) is 9.53 Å². The summed E-state index contributed by atoms with van der Waals surface area (Å²) < 4.78 is 5.41. The Morgan fingerprint density at radius 2 is 2.06 bits per heavy atom. The molecule has 0 aromatic rings. The van der Waals surface area contributed by atoms with Crippen molar-refractivity contribution in [3.8, 4) is 12.3 Å². The molecule has 31 heavy (non-hydrogen) atoms. The van der Waals surface area contributed by atoms with Crippen molar-refractivity contribution >= 4 is 5.97 Å². The molecular formula is C27H35NO3. The number of nitrogens with two attached hydrogens (primary N) is 1. The molecule has 4 heteroatoms. The van der Waals surface area contributed by atoms with Crippen LogP contribution in [0, 0.1) is 36.0 Å². The lowest BCUT2D eigenvalue weighted by atomic mass is 9.60. The van der Waals surface area contributed by atoms with Crippen LogP contribution in [0.25, 0.3) is 0 Å². The van der Waals surface area contributed by atoms with Crippen molar-refractivity contribution in [1.82, 2.24) is 0 Å². The van der Waals surface area contributed by atoms with Gasteiger partial charge in [0.05, 0.1) is 0 Å². The number of carbonyl (C=O) groups is 1. The van der Waals surface area contributed by atoms with Crippen molar-refractivity contribution in [3.63, 3.8) is 0 Å². The standard InChI is InChI=1S/C27H35NO3/c1-7-9-10-22(8-2)15-23(17-28)13-11-18(3)12-14-24-20(5)19(4)16-27(30)25(24)21(6)31-26(27)29/h2,7,9-14,17,19-21,24-25,30H,3,15-16,28H2,1,4-6H3/b9-7-,13-11-,14-12+,22-10-,23-17+/t19-,20?,21+,24-,25-,27-/m0/s1. The molecule has 0 radical (unpaired) electrons. The maximum absolute atomic E-state index is 12.3. The largest absolute Gasteiger partial charge is 0.460 e. The van der Waals surface area contributed by atoms with Crippen molar-refractivity contribution in [2.75, 3.05) is 0 Å². The minimum atomic E-state index is -1.40. The normalized spacial score (nSPS) is 34.3. The number of esters is 1. The van der Waals surface area contributed by atoms with Crippen molar-refractivity contribution < 1.29 is 14.6 Å². The predicted molar refractivity (Wildman–Crippen MR) is 126 cm³/mol.